The normalized spacial score (nSPS) is 25.2. The van der Waals surface area contributed by atoms with E-state index in [1.165, 1.54) is 5.57 Å². The molecule has 0 aliphatic heterocycles. The van der Waals surface area contributed by atoms with Gasteiger partial charge in [-0.3, -0.25) is 4.79 Å². The van der Waals surface area contributed by atoms with E-state index in [0.29, 0.717) is 11.3 Å². The molecule has 1 atom stereocenters. The van der Waals surface area contributed by atoms with Crippen LogP contribution in [0.1, 0.15) is 47.0 Å². The molecule has 0 unspecified atom stereocenters. The maximum absolute atomic E-state index is 10.7. The molecule has 0 saturated heterocycles. The first-order valence-corrected chi connectivity index (χ1v) is 5.83. The highest BCUT2D eigenvalue weighted by Gasteiger charge is 2.33. The molecule has 0 amide bonds. The lowest BCUT2D eigenvalue weighted by atomic mass is 9.76. The van der Waals surface area contributed by atoms with Crippen molar-refractivity contribution in [1.29, 1.82) is 0 Å². The SMILES string of the molecule is CC/C(C=O)=C/C[C@@H]1CC=C(C)C1(C)C. The van der Waals surface area contributed by atoms with Crippen LogP contribution in [0.3, 0.4) is 0 Å². The number of carbonyl (C=O) groups is 1. The Hall–Kier alpha value is -0.850. The predicted molar refractivity (Wildman–Crippen MR) is 64.7 cm³/mol. The van der Waals surface area contributed by atoms with Crippen LogP contribution in [-0.2, 0) is 4.79 Å². The van der Waals surface area contributed by atoms with E-state index in [4.69, 9.17) is 0 Å². The summed E-state index contributed by atoms with van der Waals surface area (Å²) >= 11 is 0. The smallest absolute Gasteiger partial charge is 0.145 e. The standard InChI is InChI=1S/C14H22O/c1-5-12(10-15)7-9-13-8-6-11(2)14(13,3)4/h6-7,10,13H,5,8-9H2,1-4H3/b12-7-/t13-/m0/s1. The zero-order chi connectivity index (χ0) is 11.5. The van der Waals surface area contributed by atoms with Crippen molar-refractivity contribution in [2.75, 3.05) is 0 Å². The molecule has 0 aromatic heterocycles. The van der Waals surface area contributed by atoms with Gasteiger partial charge in [-0.2, -0.15) is 0 Å². The second kappa shape index (κ2) is 4.78. The van der Waals surface area contributed by atoms with Gasteiger partial charge in [-0.05, 0) is 43.1 Å². The summed E-state index contributed by atoms with van der Waals surface area (Å²) in [4.78, 5) is 10.7. The molecular formula is C14H22O. The summed E-state index contributed by atoms with van der Waals surface area (Å²) in [5.74, 6) is 0.666. The number of rotatable bonds is 4. The Bertz CT molecular complexity index is 294. The Kier molecular flexibility index (Phi) is 3.90. The second-order valence-corrected chi connectivity index (χ2v) is 5.03. The molecule has 0 fully saturated rings. The van der Waals surface area contributed by atoms with Crippen molar-refractivity contribution in [2.45, 2.75) is 47.0 Å². The zero-order valence-electron chi connectivity index (χ0n) is 10.3. The zero-order valence-corrected chi connectivity index (χ0v) is 10.3. The van der Waals surface area contributed by atoms with Crippen molar-refractivity contribution in [3.8, 4) is 0 Å². The highest BCUT2D eigenvalue weighted by molar-refractivity contribution is 5.72. The first-order chi connectivity index (χ1) is 7.02. The van der Waals surface area contributed by atoms with E-state index in [1.807, 2.05) is 6.92 Å². The van der Waals surface area contributed by atoms with Crippen LogP contribution in [0.4, 0.5) is 0 Å². The van der Waals surface area contributed by atoms with E-state index < -0.39 is 0 Å². The van der Waals surface area contributed by atoms with Crippen LogP contribution in [0.25, 0.3) is 0 Å². The summed E-state index contributed by atoms with van der Waals surface area (Å²) in [5, 5.41) is 0. The van der Waals surface area contributed by atoms with Crippen LogP contribution in [0.2, 0.25) is 0 Å². The molecule has 84 valence electrons. The molecule has 0 bridgehead atoms. The van der Waals surface area contributed by atoms with Gasteiger partial charge >= 0.3 is 0 Å². The lowest BCUT2D eigenvalue weighted by molar-refractivity contribution is -0.105. The van der Waals surface area contributed by atoms with Crippen molar-refractivity contribution in [1.82, 2.24) is 0 Å². The number of carbonyl (C=O) groups excluding carboxylic acids is 1. The van der Waals surface area contributed by atoms with Gasteiger partial charge in [0.15, 0.2) is 0 Å². The molecule has 1 rings (SSSR count). The summed E-state index contributed by atoms with van der Waals surface area (Å²) in [6.07, 6.45) is 8.48. The van der Waals surface area contributed by atoms with Crippen LogP contribution in [0, 0.1) is 11.3 Å². The van der Waals surface area contributed by atoms with E-state index in [2.05, 4.69) is 32.9 Å². The lowest BCUT2D eigenvalue weighted by Gasteiger charge is -2.29. The Morgan fingerprint density at radius 1 is 1.60 bits per heavy atom. The fourth-order valence-corrected chi connectivity index (χ4v) is 2.16. The van der Waals surface area contributed by atoms with Crippen LogP contribution >= 0.6 is 0 Å². The molecule has 1 heteroatoms. The van der Waals surface area contributed by atoms with Gasteiger partial charge in [-0.1, -0.05) is 38.5 Å². The van der Waals surface area contributed by atoms with E-state index in [9.17, 15) is 4.79 Å². The van der Waals surface area contributed by atoms with E-state index in [1.54, 1.807) is 0 Å². The molecule has 0 saturated carbocycles. The Balaban J connectivity index is 2.63. The van der Waals surface area contributed by atoms with Crippen molar-refractivity contribution >= 4 is 6.29 Å². The summed E-state index contributed by atoms with van der Waals surface area (Å²) in [7, 11) is 0. The van der Waals surface area contributed by atoms with Crippen LogP contribution in [0.5, 0.6) is 0 Å². The van der Waals surface area contributed by atoms with Crippen molar-refractivity contribution in [2.24, 2.45) is 11.3 Å². The third kappa shape index (κ3) is 2.58. The van der Waals surface area contributed by atoms with Gasteiger partial charge in [0.2, 0.25) is 0 Å². The van der Waals surface area contributed by atoms with Crippen molar-refractivity contribution in [3.05, 3.63) is 23.3 Å². The van der Waals surface area contributed by atoms with E-state index in [0.717, 1.165) is 31.1 Å². The fourth-order valence-electron chi connectivity index (χ4n) is 2.16. The molecule has 0 radical (unpaired) electrons. The van der Waals surface area contributed by atoms with Crippen LogP contribution in [0.15, 0.2) is 23.3 Å². The fraction of sp³-hybridized carbons (Fsp3) is 0.643. The second-order valence-electron chi connectivity index (χ2n) is 5.03. The van der Waals surface area contributed by atoms with Crippen molar-refractivity contribution in [3.63, 3.8) is 0 Å². The quantitative estimate of drug-likeness (QED) is 0.387. The van der Waals surface area contributed by atoms with Gasteiger partial charge in [-0.15, -0.1) is 0 Å². The van der Waals surface area contributed by atoms with Gasteiger partial charge in [-0.25, -0.2) is 0 Å². The Labute approximate surface area is 93.3 Å². The summed E-state index contributed by atoms with van der Waals surface area (Å²) in [5.41, 5.74) is 2.73. The third-order valence-electron chi connectivity index (χ3n) is 3.97. The maximum Gasteiger partial charge on any atom is 0.145 e. The molecule has 15 heavy (non-hydrogen) atoms. The molecule has 0 heterocycles. The molecule has 0 aromatic rings. The predicted octanol–water partition coefficient (Wildman–Crippen LogP) is 3.90. The van der Waals surface area contributed by atoms with Gasteiger partial charge in [0, 0.05) is 0 Å². The third-order valence-corrected chi connectivity index (χ3v) is 3.97. The van der Waals surface area contributed by atoms with Gasteiger partial charge in [0.1, 0.15) is 6.29 Å². The van der Waals surface area contributed by atoms with Gasteiger partial charge in [0.05, 0.1) is 0 Å². The van der Waals surface area contributed by atoms with E-state index >= 15 is 0 Å². The van der Waals surface area contributed by atoms with Crippen LogP contribution < -0.4 is 0 Å². The van der Waals surface area contributed by atoms with Crippen LogP contribution in [-0.4, -0.2) is 6.29 Å². The Morgan fingerprint density at radius 2 is 2.27 bits per heavy atom. The first kappa shape index (κ1) is 12.2. The molecule has 0 N–H and O–H groups in total. The maximum atomic E-state index is 10.7. The highest BCUT2D eigenvalue weighted by atomic mass is 16.1. The average Bonchev–Trinajstić information content (AvgIpc) is 2.45. The first-order valence-electron chi connectivity index (χ1n) is 5.83. The van der Waals surface area contributed by atoms with Gasteiger partial charge in [0.25, 0.3) is 0 Å². The number of hydrogen-bond acceptors (Lipinski definition) is 1. The average molecular weight is 206 g/mol. The molecule has 0 spiro atoms. The van der Waals surface area contributed by atoms with E-state index in [-0.39, 0.29) is 0 Å². The minimum absolute atomic E-state index is 0.304. The molecule has 1 nitrogen and oxygen atoms in total. The van der Waals surface area contributed by atoms with Crippen molar-refractivity contribution < 1.29 is 4.79 Å². The minimum Gasteiger partial charge on any atom is -0.298 e. The molecule has 0 aromatic carbocycles. The topological polar surface area (TPSA) is 17.1 Å². The summed E-state index contributed by atoms with van der Waals surface area (Å²) in [6, 6.07) is 0. The minimum atomic E-state index is 0.304. The van der Waals surface area contributed by atoms with Gasteiger partial charge < -0.3 is 0 Å². The largest absolute Gasteiger partial charge is 0.298 e. The summed E-state index contributed by atoms with van der Waals surface area (Å²) < 4.78 is 0. The Morgan fingerprint density at radius 3 is 2.67 bits per heavy atom. The molecular weight excluding hydrogens is 184 g/mol. The highest BCUT2D eigenvalue weighted by Crippen LogP contribution is 2.44. The number of hydrogen-bond donors (Lipinski definition) is 0. The number of allylic oxidation sites excluding steroid dienone is 4. The molecule has 1 aliphatic rings. The summed E-state index contributed by atoms with van der Waals surface area (Å²) in [6.45, 7) is 8.85. The number of aldehydes is 1. The lowest BCUT2D eigenvalue weighted by Crippen LogP contribution is -2.19. The monoisotopic (exact) mass is 206 g/mol. The molecule has 1 aliphatic carbocycles.